The van der Waals surface area contributed by atoms with Gasteiger partial charge in [-0.3, -0.25) is 0 Å². The number of nitrogens with zero attached hydrogens (tertiary/aromatic N) is 1. The fraction of sp³-hybridized carbons (Fsp3) is 0.647. The van der Waals surface area contributed by atoms with Gasteiger partial charge in [0.05, 0.1) is 7.11 Å². The molecule has 1 aromatic rings. The summed E-state index contributed by atoms with van der Waals surface area (Å²) >= 11 is 0. The Morgan fingerprint density at radius 1 is 1.29 bits per heavy atom. The Balaban J connectivity index is 1.84. The monoisotopic (exact) mass is 346 g/mol. The standard InChI is InChI=1S/C17H25F3N2O2/c1-22-7-3-4-14(11-22)10-21-9-13-5-6-15(16(8-13)23-2)24-12-17(18,19)20/h5-6,8,14,21H,3-4,7,9-12H2,1-2H3/t14-/m0/s1. The number of rotatable bonds is 7. The van der Waals surface area contributed by atoms with Crippen molar-refractivity contribution in [1.82, 2.24) is 10.2 Å². The van der Waals surface area contributed by atoms with Crippen LogP contribution in [0.1, 0.15) is 18.4 Å². The van der Waals surface area contributed by atoms with Crippen LogP contribution in [-0.4, -0.2) is 51.5 Å². The molecule has 0 aromatic heterocycles. The van der Waals surface area contributed by atoms with E-state index in [0.29, 0.717) is 18.2 Å². The van der Waals surface area contributed by atoms with Crippen molar-refractivity contribution < 1.29 is 22.6 Å². The molecule has 1 aromatic carbocycles. The highest BCUT2D eigenvalue weighted by Crippen LogP contribution is 2.29. The molecule has 2 rings (SSSR count). The molecule has 1 N–H and O–H groups in total. The van der Waals surface area contributed by atoms with Crippen molar-refractivity contribution in [1.29, 1.82) is 0 Å². The highest BCUT2D eigenvalue weighted by Gasteiger charge is 2.29. The molecular formula is C17H25F3N2O2. The maximum absolute atomic E-state index is 12.2. The van der Waals surface area contributed by atoms with Crippen LogP contribution in [0.15, 0.2) is 18.2 Å². The summed E-state index contributed by atoms with van der Waals surface area (Å²) in [7, 11) is 3.56. The molecule has 1 saturated heterocycles. The second kappa shape index (κ2) is 8.58. The molecule has 0 bridgehead atoms. The second-order valence-corrected chi connectivity index (χ2v) is 6.29. The summed E-state index contributed by atoms with van der Waals surface area (Å²) in [6.45, 7) is 2.51. The number of benzene rings is 1. The van der Waals surface area contributed by atoms with Gasteiger partial charge in [0, 0.05) is 13.1 Å². The van der Waals surface area contributed by atoms with Gasteiger partial charge in [0.1, 0.15) is 0 Å². The van der Waals surface area contributed by atoms with E-state index in [-0.39, 0.29) is 5.75 Å². The van der Waals surface area contributed by atoms with E-state index in [1.165, 1.54) is 26.0 Å². The Morgan fingerprint density at radius 2 is 2.08 bits per heavy atom. The molecule has 1 aliphatic heterocycles. The van der Waals surface area contributed by atoms with Gasteiger partial charge in [-0.2, -0.15) is 13.2 Å². The second-order valence-electron chi connectivity index (χ2n) is 6.29. The number of hydrogen-bond acceptors (Lipinski definition) is 4. The number of halogens is 3. The minimum atomic E-state index is -4.36. The van der Waals surface area contributed by atoms with Gasteiger partial charge >= 0.3 is 6.18 Å². The molecule has 1 atom stereocenters. The van der Waals surface area contributed by atoms with Gasteiger partial charge in [-0.15, -0.1) is 0 Å². The van der Waals surface area contributed by atoms with E-state index < -0.39 is 12.8 Å². The molecule has 136 valence electrons. The molecule has 0 aliphatic carbocycles. The first-order chi connectivity index (χ1) is 11.4. The molecule has 7 heteroatoms. The van der Waals surface area contributed by atoms with Gasteiger partial charge in [0.2, 0.25) is 0 Å². The Hall–Kier alpha value is -1.47. The lowest BCUT2D eigenvalue weighted by molar-refractivity contribution is -0.153. The third kappa shape index (κ3) is 6.20. The van der Waals surface area contributed by atoms with Crippen molar-refractivity contribution in [3.05, 3.63) is 23.8 Å². The van der Waals surface area contributed by atoms with E-state index in [1.807, 2.05) is 0 Å². The number of alkyl halides is 3. The summed E-state index contributed by atoms with van der Waals surface area (Å²) in [6.07, 6.45) is -1.91. The van der Waals surface area contributed by atoms with Crippen LogP contribution in [0.3, 0.4) is 0 Å². The van der Waals surface area contributed by atoms with Crippen LogP contribution in [-0.2, 0) is 6.54 Å². The predicted octanol–water partition coefficient (Wildman–Crippen LogP) is 3.07. The van der Waals surface area contributed by atoms with E-state index in [4.69, 9.17) is 9.47 Å². The average Bonchev–Trinajstić information content (AvgIpc) is 2.52. The quantitative estimate of drug-likeness (QED) is 0.823. The zero-order valence-electron chi connectivity index (χ0n) is 14.2. The zero-order valence-corrected chi connectivity index (χ0v) is 14.2. The van der Waals surface area contributed by atoms with Crippen LogP contribution >= 0.6 is 0 Å². The van der Waals surface area contributed by atoms with Crippen molar-refractivity contribution in [2.75, 3.05) is 40.4 Å². The van der Waals surface area contributed by atoms with E-state index >= 15 is 0 Å². The molecule has 1 heterocycles. The van der Waals surface area contributed by atoms with Crippen molar-refractivity contribution in [3.8, 4) is 11.5 Å². The highest BCUT2D eigenvalue weighted by atomic mass is 19.4. The highest BCUT2D eigenvalue weighted by molar-refractivity contribution is 5.43. The Bertz CT molecular complexity index is 523. The number of nitrogens with one attached hydrogen (secondary N) is 1. The van der Waals surface area contributed by atoms with Gasteiger partial charge in [0.15, 0.2) is 18.1 Å². The number of piperidine rings is 1. The lowest BCUT2D eigenvalue weighted by atomic mass is 9.98. The van der Waals surface area contributed by atoms with Crippen LogP contribution in [0.5, 0.6) is 11.5 Å². The van der Waals surface area contributed by atoms with Gasteiger partial charge in [-0.25, -0.2) is 0 Å². The number of ether oxygens (including phenoxy) is 2. The van der Waals surface area contributed by atoms with Gasteiger partial charge in [-0.05, 0) is 56.6 Å². The molecule has 0 saturated carbocycles. The van der Waals surface area contributed by atoms with E-state index in [1.54, 1.807) is 12.1 Å². The third-order valence-electron chi connectivity index (χ3n) is 4.10. The van der Waals surface area contributed by atoms with E-state index in [9.17, 15) is 13.2 Å². The topological polar surface area (TPSA) is 33.7 Å². The SMILES string of the molecule is COc1cc(CNC[C@@H]2CCCN(C)C2)ccc1OCC(F)(F)F. The van der Waals surface area contributed by atoms with Crippen molar-refractivity contribution in [3.63, 3.8) is 0 Å². The maximum atomic E-state index is 12.2. The van der Waals surface area contributed by atoms with Gasteiger partial charge in [-0.1, -0.05) is 6.07 Å². The minimum Gasteiger partial charge on any atom is -0.493 e. The van der Waals surface area contributed by atoms with Gasteiger partial charge in [0.25, 0.3) is 0 Å². The molecule has 24 heavy (non-hydrogen) atoms. The van der Waals surface area contributed by atoms with E-state index in [0.717, 1.165) is 25.2 Å². The fourth-order valence-corrected chi connectivity index (χ4v) is 2.96. The van der Waals surface area contributed by atoms with Crippen LogP contribution in [0.25, 0.3) is 0 Å². The Labute approximate surface area is 140 Å². The van der Waals surface area contributed by atoms with E-state index in [2.05, 4.69) is 17.3 Å². The summed E-state index contributed by atoms with van der Waals surface area (Å²) in [6, 6.07) is 5.00. The lowest BCUT2D eigenvalue weighted by Crippen LogP contribution is -2.37. The van der Waals surface area contributed by atoms with Crippen LogP contribution in [0.4, 0.5) is 13.2 Å². The molecule has 1 fully saturated rings. The number of likely N-dealkylation sites (tertiary alicyclic amines) is 1. The first-order valence-electron chi connectivity index (χ1n) is 8.13. The molecule has 1 aliphatic rings. The summed E-state index contributed by atoms with van der Waals surface area (Å²) in [5.41, 5.74) is 0.954. The molecule has 0 unspecified atom stereocenters. The Morgan fingerprint density at radius 3 is 2.75 bits per heavy atom. The minimum absolute atomic E-state index is 0.104. The first kappa shape index (κ1) is 18.9. The van der Waals surface area contributed by atoms with Gasteiger partial charge < -0.3 is 19.7 Å². The van der Waals surface area contributed by atoms with Crippen LogP contribution in [0, 0.1) is 5.92 Å². The Kier molecular flexibility index (Phi) is 6.74. The third-order valence-corrected chi connectivity index (χ3v) is 4.10. The summed E-state index contributed by atoms with van der Waals surface area (Å²) < 4.78 is 46.7. The van der Waals surface area contributed by atoms with Crippen molar-refractivity contribution >= 4 is 0 Å². The number of methoxy groups -OCH3 is 1. The molecule has 4 nitrogen and oxygen atoms in total. The largest absolute Gasteiger partial charge is 0.493 e. The molecule has 0 spiro atoms. The fourth-order valence-electron chi connectivity index (χ4n) is 2.96. The molecule has 0 radical (unpaired) electrons. The smallest absolute Gasteiger partial charge is 0.422 e. The van der Waals surface area contributed by atoms with Crippen molar-refractivity contribution in [2.24, 2.45) is 5.92 Å². The molecule has 0 amide bonds. The van der Waals surface area contributed by atoms with Crippen molar-refractivity contribution in [2.45, 2.75) is 25.6 Å². The predicted molar refractivity (Wildman–Crippen MR) is 86.5 cm³/mol. The summed E-state index contributed by atoms with van der Waals surface area (Å²) in [5, 5.41) is 3.42. The summed E-state index contributed by atoms with van der Waals surface area (Å²) in [4.78, 5) is 2.34. The zero-order chi connectivity index (χ0) is 17.6. The molecular weight excluding hydrogens is 321 g/mol. The summed E-state index contributed by atoms with van der Waals surface area (Å²) in [5.74, 6) is 1.06. The lowest BCUT2D eigenvalue weighted by Gasteiger charge is -2.29. The first-order valence-corrected chi connectivity index (χ1v) is 8.13. The van der Waals surface area contributed by atoms with Crippen LogP contribution < -0.4 is 14.8 Å². The normalized spacial score (nSPS) is 19.3. The van der Waals surface area contributed by atoms with Crippen LogP contribution in [0.2, 0.25) is 0 Å². The number of hydrogen-bond donors (Lipinski definition) is 1. The average molecular weight is 346 g/mol. The maximum Gasteiger partial charge on any atom is 0.422 e.